The first kappa shape index (κ1) is 26.3. The first-order valence-electron chi connectivity index (χ1n) is 12.1. The summed E-state index contributed by atoms with van der Waals surface area (Å²) in [6.07, 6.45) is 6.27. The largest absolute Gasteiger partial charge is 0.395 e. The lowest BCUT2D eigenvalue weighted by atomic mass is 9.93. The average molecular weight is 444 g/mol. The van der Waals surface area contributed by atoms with E-state index in [9.17, 15) is 25.2 Å². The van der Waals surface area contributed by atoms with Crippen molar-refractivity contribution in [2.75, 3.05) is 26.2 Å². The van der Waals surface area contributed by atoms with Crippen LogP contribution in [0.4, 0.5) is 4.79 Å². The van der Waals surface area contributed by atoms with Crippen molar-refractivity contribution in [2.45, 2.75) is 114 Å². The standard InChI is InChI=1S/C23H45N3O5/c1-23(2,3)24-22(31)26(17-11-7-6-8-12-17)14-10-5-4-9-13-25-15-19(28)21(30)20(29)18(25)16-27/h17-21,27-30H,4-16H2,1-3H3,(H,24,31)/t18-,19+,20-,21-/m1/s1. The minimum Gasteiger partial charge on any atom is -0.395 e. The van der Waals surface area contributed by atoms with Gasteiger partial charge in [-0.05, 0) is 53.0 Å². The molecule has 8 heteroatoms. The Labute approximate surface area is 187 Å². The molecule has 0 aromatic rings. The minimum absolute atomic E-state index is 0.0417. The van der Waals surface area contributed by atoms with Gasteiger partial charge in [-0.1, -0.05) is 32.1 Å². The van der Waals surface area contributed by atoms with E-state index in [1.807, 2.05) is 30.6 Å². The number of carbonyl (C=O) groups is 1. The van der Waals surface area contributed by atoms with E-state index in [-0.39, 0.29) is 24.7 Å². The molecule has 0 aromatic heterocycles. The number of hydrogen-bond donors (Lipinski definition) is 5. The first-order valence-corrected chi connectivity index (χ1v) is 12.1. The number of nitrogens with zero attached hydrogens (tertiary/aromatic N) is 2. The fourth-order valence-electron chi connectivity index (χ4n) is 4.82. The van der Waals surface area contributed by atoms with E-state index in [0.717, 1.165) is 45.1 Å². The van der Waals surface area contributed by atoms with Crippen molar-refractivity contribution in [1.82, 2.24) is 15.1 Å². The van der Waals surface area contributed by atoms with E-state index in [4.69, 9.17) is 0 Å². The van der Waals surface area contributed by atoms with E-state index in [0.29, 0.717) is 12.6 Å². The maximum absolute atomic E-state index is 12.9. The highest BCUT2D eigenvalue weighted by Crippen LogP contribution is 2.24. The van der Waals surface area contributed by atoms with Crippen LogP contribution in [0, 0.1) is 0 Å². The Bertz CT molecular complexity index is 536. The molecule has 2 fully saturated rings. The Balaban J connectivity index is 1.76. The van der Waals surface area contributed by atoms with Crippen LogP contribution in [0.5, 0.6) is 0 Å². The molecule has 182 valence electrons. The van der Waals surface area contributed by atoms with Crippen LogP contribution >= 0.6 is 0 Å². The molecule has 1 aliphatic carbocycles. The highest BCUT2D eigenvalue weighted by atomic mass is 16.4. The Morgan fingerprint density at radius 1 is 1.00 bits per heavy atom. The van der Waals surface area contributed by atoms with Crippen molar-refractivity contribution >= 4 is 6.03 Å². The summed E-state index contributed by atoms with van der Waals surface area (Å²) in [6.45, 7) is 7.46. The topological polar surface area (TPSA) is 117 Å². The van der Waals surface area contributed by atoms with Crippen molar-refractivity contribution in [1.29, 1.82) is 0 Å². The molecule has 0 radical (unpaired) electrons. The summed E-state index contributed by atoms with van der Waals surface area (Å²) in [7, 11) is 0. The predicted octanol–water partition coefficient (Wildman–Crippen LogP) is 1.45. The van der Waals surface area contributed by atoms with Gasteiger partial charge in [0, 0.05) is 24.7 Å². The van der Waals surface area contributed by atoms with Gasteiger partial charge >= 0.3 is 6.03 Å². The van der Waals surface area contributed by atoms with Gasteiger partial charge in [0.25, 0.3) is 0 Å². The molecule has 0 bridgehead atoms. The molecule has 1 aliphatic heterocycles. The molecule has 1 heterocycles. The number of aliphatic hydroxyl groups is 4. The van der Waals surface area contributed by atoms with E-state index >= 15 is 0 Å². The third kappa shape index (κ3) is 8.17. The summed E-state index contributed by atoms with van der Waals surface area (Å²) in [4.78, 5) is 16.8. The summed E-state index contributed by atoms with van der Waals surface area (Å²) >= 11 is 0. The fraction of sp³-hybridized carbons (Fsp3) is 0.957. The summed E-state index contributed by atoms with van der Waals surface area (Å²) in [6, 6.07) is -0.162. The van der Waals surface area contributed by atoms with Gasteiger partial charge in [0.05, 0.1) is 18.8 Å². The quantitative estimate of drug-likeness (QED) is 0.345. The lowest BCUT2D eigenvalue weighted by Crippen LogP contribution is -2.62. The van der Waals surface area contributed by atoms with Crippen LogP contribution in [0.15, 0.2) is 0 Å². The third-order valence-electron chi connectivity index (χ3n) is 6.57. The van der Waals surface area contributed by atoms with Gasteiger partial charge in [-0.15, -0.1) is 0 Å². The number of rotatable bonds is 9. The van der Waals surface area contributed by atoms with Gasteiger partial charge in [-0.3, -0.25) is 4.90 Å². The Kier molecular flexibility index (Phi) is 10.5. The van der Waals surface area contributed by atoms with Crippen LogP contribution in [0.1, 0.15) is 78.6 Å². The van der Waals surface area contributed by atoms with Crippen molar-refractivity contribution in [3.8, 4) is 0 Å². The monoisotopic (exact) mass is 443 g/mol. The number of piperidine rings is 1. The van der Waals surface area contributed by atoms with Gasteiger partial charge in [0.1, 0.15) is 12.2 Å². The molecule has 1 saturated carbocycles. The highest BCUT2D eigenvalue weighted by Gasteiger charge is 2.40. The van der Waals surface area contributed by atoms with Gasteiger partial charge in [-0.2, -0.15) is 0 Å². The summed E-state index contributed by atoms with van der Waals surface area (Å²) in [5.74, 6) is 0. The molecule has 1 saturated heterocycles. The molecule has 2 amide bonds. The zero-order valence-corrected chi connectivity index (χ0v) is 19.7. The van der Waals surface area contributed by atoms with Crippen LogP contribution in [0.3, 0.4) is 0 Å². The van der Waals surface area contributed by atoms with Crippen LogP contribution in [-0.2, 0) is 0 Å². The zero-order valence-electron chi connectivity index (χ0n) is 19.7. The highest BCUT2D eigenvalue weighted by molar-refractivity contribution is 5.75. The number of amides is 2. The maximum atomic E-state index is 12.9. The Morgan fingerprint density at radius 3 is 2.26 bits per heavy atom. The van der Waals surface area contributed by atoms with Crippen molar-refractivity contribution < 1.29 is 25.2 Å². The zero-order chi connectivity index (χ0) is 23.0. The molecule has 5 N–H and O–H groups in total. The molecule has 31 heavy (non-hydrogen) atoms. The van der Waals surface area contributed by atoms with E-state index < -0.39 is 24.4 Å². The number of aliphatic hydroxyl groups excluding tert-OH is 4. The number of hydrogen-bond acceptors (Lipinski definition) is 6. The average Bonchev–Trinajstić information content (AvgIpc) is 2.71. The SMILES string of the molecule is CC(C)(C)NC(=O)N(CCCCCCN1C[C@H](O)[C@@H](O)[C@H](O)[C@H]1CO)C1CCCCC1. The molecule has 0 aromatic carbocycles. The smallest absolute Gasteiger partial charge is 0.318 e. The molecule has 2 rings (SSSR count). The lowest BCUT2D eigenvalue weighted by molar-refractivity contribution is -0.145. The van der Waals surface area contributed by atoms with Crippen molar-refractivity contribution in [3.05, 3.63) is 0 Å². The molecule has 8 nitrogen and oxygen atoms in total. The number of carbonyl (C=O) groups excluding carboxylic acids is 1. The van der Waals surface area contributed by atoms with E-state index in [1.54, 1.807) is 0 Å². The predicted molar refractivity (Wildman–Crippen MR) is 121 cm³/mol. The van der Waals surface area contributed by atoms with Crippen LogP contribution in [0.2, 0.25) is 0 Å². The van der Waals surface area contributed by atoms with Crippen LogP contribution in [0.25, 0.3) is 0 Å². The van der Waals surface area contributed by atoms with Crippen molar-refractivity contribution in [3.63, 3.8) is 0 Å². The van der Waals surface area contributed by atoms with Gasteiger partial charge < -0.3 is 30.6 Å². The second kappa shape index (κ2) is 12.3. The van der Waals surface area contributed by atoms with Gasteiger partial charge in [0.2, 0.25) is 0 Å². The number of likely N-dealkylation sites (tertiary alicyclic amines) is 1. The van der Waals surface area contributed by atoms with Gasteiger partial charge in [0.15, 0.2) is 0 Å². The molecule has 0 spiro atoms. The normalized spacial score (nSPS) is 28.5. The molecular weight excluding hydrogens is 398 g/mol. The number of urea groups is 1. The molecule has 0 unspecified atom stereocenters. The fourth-order valence-corrected chi connectivity index (χ4v) is 4.82. The van der Waals surface area contributed by atoms with Crippen LogP contribution in [-0.4, -0.2) is 98.4 Å². The van der Waals surface area contributed by atoms with E-state index in [2.05, 4.69) is 5.32 Å². The molecule has 4 atom stereocenters. The summed E-state index contributed by atoms with van der Waals surface area (Å²) in [5.41, 5.74) is -0.246. The molecular formula is C23H45N3O5. The number of unbranched alkanes of at least 4 members (excludes halogenated alkanes) is 3. The molecule has 2 aliphatic rings. The third-order valence-corrected chi connectivity index (χ3v) is 6.57. The van der Waals surface area contributed by atoms with E-state index in [1.165, 1.54) is 19.3 Å². The second-order valence-corrected chi connectivity index (χ2v) is 10.4. The minimum atomic E-state index is -1.21. The number of nitrogens with one attached hydrogen (secondary N) is 1. The Morgan fingerprint density at radius 2 is 1.65 bits per heavy atom. The lowest BCUT2D eigenvalue weighted by Gasteiger charge is -2.43. The second-order valence-electron chi connectivity index (χ2n) is 10.4. The first-order chi connectivity index (χ1) is 14.6. The summed E-state index contributed by atoms with van der Waals surface area (Å²) in [5, 5.41) is 42.5. The van der Waals surface area contributed by atoms with Gasteiger partial charge in [-0.25, -0.2) is 4.79 Å². The van der Waals surface area contributed by atoms with Crippen LogP contribution < -0.4 is 5.32 Å². The maximum Gasteiger partial charge on any atom is 0.318 e. The Hall–Kier alpha value is -0.930. The van der Waals surface area contributed by atoms with Crippen molar-refractivity contribution in [2.24, 2.45) is 0 Å². The number of β-amino-alcohol motifs (C(OH)–C–C–N with tert-alkyl or cyclic N) is 1. The summed E-state index contributed by atoms with van der Waals surface area (Å²) < 4.78 is 0.